The van der Waals surface area contributed by atoms with E-state index in [0.29, 0.717) is 28.6 Å². The molecule has 0 aliphatic heterocycles. The summed E-state index contributed by atoms with van der Waals surface area (Å²) in [4.78, 5) is 11.6. The maximum absolute atomic E-state index is 11.6. The Balaban J connectivity index is 2.25. The summed E-state index contributed by atoms with van der Waals surface area (Å²) in [5.41, 5.74) is 3.84. The number of hydrogen-bond donors (Lipinski definition) is 1. The smallest absolute Gasteiger partial charge is 0.308 e. The Morgan fingerprint density at radius 1 is 0.964 bits per heavy atom. The topological polar surface area (TPSA) is 74.2 Å². The number of hydrogen-bond acceptors (Lipinski definition) is 6. The third-order valence-electron chi connectivity index (χ3n) is 4.57. The minimum absolute atomic E-state index is 0.0945. The highest BCUT2D eigenvalue weighted by atomic mass is 16.5. The van der Waals surface area contributed by atoms with Crippen LogP contribution < -0.4 is 14.2 Å². The van der Waals surface area contributed by atoms with Crippen molar-refractivity contribution in [3.8, 4) is 23.0 Å². The Morgan fingerprint density at radius 3 is 2.14 bits per heavy atom. The van der Waals surface area contributed by atoms with Crippen molar-refractivity contribution in [1.82, 2.24) is 0 Å². The van der Waals surface area contributed by atoms with Crippen molar-refractivity contribution in [3.05, 3.63) is 52.6 Å². The number of carbonyl (C=O) groups excluding carboxylic acids is 1. The molecule has 146 valence electrons. The molecule has 0 heterocycles. The van der Waals surface area contributed by atoms with Gasteiger partial charge in [-0.25, -0.2) is 0 Å². The molecule has 0 spiro atoms. The van der Waals surface area contributed by atoms with E-state index in [1.165, 1.54) is 6.92 Å². The van der Waals surface area contributed by atoms with Crippen molar-refractivity contribution in [2.24, 2.45) is 0 Å². The van der Waals surface area contributed by atoms with Crippen molar-refractivity contribution in [1.29, 1.82) is 0 Å². The van der Waals surface area contributed by atoms with Crippen molar-refractivity contribution in [2.45, 2.75) is 13.8 Å². The Kier molecular flexibility index (Phi) is 5.31. The summed E-state index contributed by atoms with van der Waals surface area (Å²) in [5, 5.41) is 9.90. The number of ether oxygens (including phenoxy) is 4. The lowest BCUT2D eigenvalue weighted by Crippen LogP contribution is -1.98. The molecule has 1 N–H and O–H groups in total. The molecule has 0 saturated heterocycles. The molecule has 1 aliphatic rings. The summed E-state index contributed by atoms with van der Waals surface area (Å²) >= 11 is 0. The van der Waals surface area contributed by atoms with E-state index in [2.05, 4.69) is 0 Å². The molecule has 6 heteroatoms. The van der Waals surface area contributed by atoms with E-state index in [1.807, 2.05) is 13.0 Å². The first-order valence-corrected chi connectivity index (χ1v) is 8.64. The SMILES string of the molecule is COc1cc(OC)c(C=C2C(C)=C(OC(C)=O)c3cc(O)ccc32)c(OC)c1. The fourth-order valence-corrected chi connectivity index (χ4v) is 3.26. The highest BCUT2D eigenvalue weighted by molar-refractivity contribution is 6.06. The van der Waals surface area contributed by atoms with Crippen molar-refractivity contribution in [3.63, 3.8) is 0 Å². The van der Waals surface area contributed by atoms with Crippen molar-refractivity contribution >= 4 is 23.4 Å². The molecule has 0 amide bonds. The number of allylic oxidation sites excluding steroid dienone is 2. The molecule has 0 atom stereocenters. The van der Waals surface area contributed by atoms with Crippen LogP contribution in [0.1, 0.15) is 30.5 Å². The average molecular weight is 382 g/mol. The van der Waals surface area contributed by atoms with Gasteiger partial charge in [-0.05, 0) is 42.3 Å². The second-order valence-electron chi connectivity index (χ2n) is 6.28. The van der Waals surface area contributed by atoms with E-state index in [-0.39, 0.29) is 5.75 Å². The van der Waals surface area contributed by atoms with E-state index in [9.17, 15) is 9.90 Å². The minimum Gasteiger partial charge on any atom is -0.508 e. The van der Waals surface area contributed by atoms with E-state index in [1.54, 1.807) is 51.7 Å². The van der Waals surface area contributed by atoms with E-state index < -0.39 is 5.97 Å². The lowest BCUT2D eigenvalue weighted by atomic mass is 9.99. The second-order valence-corrected chi connectivity index (χ2v) is 6.28. The molecular formula is C22H22O6. The Morgan fingerprint density at radius 2 is 1.61 bits per heavy atom. The van der Waals surface area contributed by atoms with Gasteiger partial charge in [0.2, 0.25) is 0 Å². The van der Waals surface area contributed by atoms with Crippen LogP contribution in [0.15, 0.2) is 35.9 Å². The van der Waals surface area contributed by atoms with Crippen LogP contribution in [-0.2, 0) is 9.53 Å². The highest BCUT2D eigenvalue weighted by Gasteiger charge is 2.27. The van der Waals surface area contributed by atoms with Gasteiger partial charge in [-0.1, -0.05) is 0 Å². The van der Waals surface area contributed by atoms with Crippen LogP contribution >= 0.6 is 0 Å². The van der Waals surface area contributed by atoms with Crippen LogP contribution in [-0.4, -0.2) is 32.4 Å². The average Bonchev–Trinajstić information content (AvgIpc) is 2.92. The van der Waals surface area contributed by atoms with Gasteiger partial charge in [-0.3, -0.25) is 4.79 Å². The van der Waals surface area contributed by atoms with Crippen LogP contribution in [0.2, 0.25) is 0 Å². The fourth-order valence-electron chi connectivity index (χ4n) is 3.26. The summed E-state index contributed by atoms with van der Waals surface area (Å²) < 4.78 is 21.8. The number of rotatable bonds is 5. The number of phenolic OH excluding ortho intramolecular Hbond substituents is 1. The maximum atomic E-state index is 11.6. The van der Waals surface area contributed by atoms with E-state index in [0.717, 1.165) is 22.3 Å². The summed E-state index contributed by atoms with van der Waals surface area (Å²) in [5.74, 6) is 1.87. The van der Waals surface area contributed by atoms with Gasteiger partial charge in [-0.15, -0.1) is 0 Å². The summed E-state index contributed by atoms with van der Waals surface area (Å²) in [6.45, 7) is 3.21. The lowest BCUT2D eigenvalue weighted by Gasteiger charge is -2.14. The normalized spacial score (nSPS) is 14.1. The van der Waals surface area contributed by atoms with Gasteiger partial charge in [0.25, 0.3) is 0 Å². The third-order valence-corrected chi connectivity index (χ3v) is 4.57. The van der Waals surface area contributed by atoms with Crippen LogP contribution in [0.4, 0.5) is 0 Å². The van der Waals surface area contributed by atoms with Crippen molar-refractivity contribution < 1.29 is 28.8 Å². The van der Waals surface area contributed by atoms with Gasteiger partial charge >= 0.3 is 5.97 Å². The van der Waals surface area contributed by atoms with Gasteiger partial charge in [0.15, 0.2) is 0 Å². The van der Waals surface area contributed by atoms with Crippen LogP contribution in [0.5, 0.6) is 23.0 Å². The monoisotopic (exact) mass is 382 g/mol. The number of esters is 1. The molecule has 0 saturated carbocycles. The van der Waals surface area contributed by atoms with Crippen molar-refractivity contribution in [2.75, 3.05) is 21.3 Å². The number of fused-ring (bicyclic) bond motifs is 1. The molecule has 6 nitrogen and oxygen atoms in total. The Labute approximate surface area is 163 Å². The van der Waals surface area contributed by atoms with Crippen LogP contribution in [0.3, 0.4) is 0 Å². The number of aromatic hydroxyl groups is 1. The predicted molar refractivity (Wildman–Crippen MR) is 106 cm³/mol. The molecule has 0 aromatic heterocycles. The standard InChI is InChI=1S/C22H22O6/c1-12-17(11-19-20(26-4)9-15(25-3)10-21(19)27-5)16-7-6-14(24)8-18(16)22(12)28-13(2)23/h6-11,24H,1-5H3. The van der Waals surface area contributed by atoms with Gasteiger partial charge in [0.1, 0.15) is 28.8 Å². The Bertz CT molecular complexity index is 975. The molecule has 2 aromatic rings. The molecule has 2 aromatic carbocycles. The minimum atomic E-state index is -0.426. The molecular weight excluding hydrogens is 360 g/mol. The summed E-state index contributed by atoms with van der Waals surface area (Å²) in [6.07, 6.45) is 1.92. The van der Waals surface area contributed by atoms with E-state index in [4.69, 9.17) is 18.9 Å². The van der Waals surface area contributed by atoms with Crippen LogP contribution in [0, 0.1) is 0 Å². The number of phenols is 1. The van der Waals surface area contributed by atoms with Gasteiger partial charge in [-0.2, -0.15) is 0 Å². The number of benzene rings is 2. The number of methoxy groups -OCH3 is 3. The Hall–Kier alpha value is -3.41. The van der Waals surface area contributed by atoms with Gasteiger partial charge < -0.3 is 24.1 Å². The molecule has 0 bridgehead atoms. The van der Waals surface area contributed by atoms with Crippen LogP contribution in [0.25, 0.3) is 17.4 Å². The molecule has 1 aliphatic carbocycles. The van der Waals surface area contributed by atoms with Gasteiger partial charge in [0.05, 0.1) is 26.9 Å². The first kappa shape index (κ1) is 19.4. The first-order valence-electron chi connectivity index (χ1n) is 8.64. The summed E-state index contributed by atoms with van der Waals surface area (Å²) in [7, 11) is 4.72. The summed E-state index contributed by atoms with van der Waals surface area (Å²) in [6, 6.07) is 8.51. The first-order chi connectivity index (χ1) is 13.4. The van der Waals surface area contributed by atoms with E-state index >= 15 is 0 Å². The molecule has 28 heavy (non-hydrogen) atoms. The molecule has 0 unspecified atom stereocenters. The zero-order chi connectivity index (χ0) is 20.4. The molecule has 3 rings (SSSR count). The quantitative estimate of drug-likeness (QED) is 0.779. The largest absolute Gasteiger partial charge is 0.508 e. The zero-order valence-electron chi connectivity index (χ0n) is 16.5. The molecule has 0 fully saturated rings. The maximum Gasteiger partial charge on any atom is 0.308 e. The number of carbonyl (C=O) groups is 1. The highest BCUT2D eigenvalue weighted by Crippen LogP contribution is 2.46. The zero-order valence-corrected chi connectivity index (χ0v) is 16.5. The predicted octanol–water partition coefficient (Wildman–Crippen LogP) is 4.27. The fraction of sp³-hybridized carbons (Fsp3) is 0.227. The van der Waals surface area contributed by atoms with Gasteiger partial charge in [0, 0.05) is 30.2 Å². The lowest BCUT2D eigenvalue weighted by molar-refractivity contribution is -0.134. The second kappa shape index (κ2) is 7.68. The third kappa shape index (κ3) is 3.41. The molecule has 0 radical (unpaired) electrons.